The van der Waals surface area contributed by atoms with Crippen LogP contribution in [0.15, 0.2) is 41.3 Å². The number of anilines is 2. The van der Waals surface area contributed by atoms with Crippen LogP contribution in [0.2, 0.25) is 0 Å². The molecule has 2 N–H and O–H groups in total. The van der Waals surface area contributed by atoms with E-state index in [4.69, 9.17) is 4.74 Å². The Morgan fingerprint density at radius 1 is 1.11 bits per heavy atom. The number of methoxy groups -OCH3 is 1. The summed E-state index contributed by atoms with van der Waals surface area (Å²) in [4.78, 5) is 14.6. The highest BCUT2D eigenvalue weighted by Crippen LogP contribution is 2.31. The van der Waals surface area contributed by atoms with Crippen LogP contribution in [0, 0.1) is 6.92 Å². The summed E-state index contributed by atoms with van der Waals surface area (Å²) < 4.78 is 37.5. The Balaban J connectivity index is 1.92. The largest absolute Gasteiger partial charge is 0.495 e. The lowest BCUT2D eigenvalue weighted by molar-refractivity contribution is 0.102. The summed E-state index contributed by atoms with van der Waals surface area (Å²) in [5.74, 6) is -0.486. The van der Waals surface area contributed by atoms with Gasteiger partial charge in [-0.1, -0.05) is 6.07 Å². The van der Waals surface area contributed by atoms with Crippen molar-refractivity contribution in [2.45, 2.75) is 31.1 Å². The van der Waals surface area contributed by atoms with Crippen LogP contribution < -0.4 is 15.0 Å². The molecule has 2 aromatic rings. The van der Waals surface area contributed by atoms with Crippen molar-refractivity contribution in [3.63, 3.8) is 0 Å². The molecule has 28 heavy (non-hydrogen) atoms. The Morgan fingerprint density at radius 3 is 2.46 bits per heavy atom. The van der Waals surface area contributed by atoms with Gasteiger partial charge in [-0.25, -0.2) is 0 Å². The lowest BCUT2D eigenvalue weighted by Gasteiger charge is -2.30. The zero-order chi connectivity index (χ0) is 20.3. The fourth-order valence-corrected chi connectivity index (χ4v) is 4.06. The molecule has 0 atom stereocenters. The first-order valence-electron chi connectivity index (χ1n) is 9.12. The molecule has 3 rings (SSSR count). The van der Waals surface area contributed by atoms with Crippen molar-refractivity contribution in [2.24, 2.45) is 0 Å². The minimum Gasteiger partial charge on any atom is -0.495 e. The number of hydrogen-bond donors (Lipinski definition) is 2. The number of ether oxygens (including phenoxy) is 1. The summed E-state index contributed by atoms with van der Waals surface area (Å²) >= 11 is 0. The molecule has 1 aliphatic heterocycles. The SMILES string of the molecule is COc1ccc(C(=O)Nc2cc(C)ccc2N2CCCCC2)cc1S(=O)(=O)O. The average molecular weight is 404 g/mol. The van der Waals surface area contributed by atoms with Crippen molar-refractivity contribution in [3.05, 3.63) is 47.5 Å². The number of aryl methyl sites for hydroxylation is 1. The van der Waals surface area contributed by atoms with Gasteiger partial charge in [-0.05, 0) is 62.1 Å². The van der Waals surface area contributed by atoms with Gasteiger partial charge in [-0.3, -0.25) is 9.35 Å². The first-order valence-corrected chi connectivity index (χ1v) is 10.6. The molecule has 1 heterocycles. The van der Waals surface area contributed by atoms with Crippen LogP contribution in [0.25, 0.3) is 0 Å². The van der Waals surface area contributed by atoms with Crippen molar-refractivity contribution in [3.8, 4) is 5.75 Å². The highest BCUT2D eigenvalue weighted by atomic mass is 32.2. The van der Waals surface area contributed by atoms with E-state index in [1.165, 1.54) is 25.7 Å². The van der Waals surface area contributed by atoms with Gasteiger partial charge in [0.1, 0.15) is 10.6 Å². The molecule has 0 aliphatic carbocycles. The second-order valence-corrected chi connectivity index (χ2v) is 8.25. The van der Waals surface area contributed by atoms with Gasteiger partial charge in [0, 0.05) is 18.7 Å². The van der Waals surface area contributed by atoms with E-state index in [2.05, 4.69) is 10.2 Å². The molecule has 0 saturated carbocycles. The van der Waals surface area contributed by atoms with E-state index in [0.29, 0.717) is 5.69 Å². The number of carbonyl (C=O) groups is 1. The van der Waals surface area contributed by atoms with Crippen LogP contribution in [0.1, 0.15) is 35.2 Å². The molecular formula is C20H24N2O5S. The summed E-state index contributed by atoms with van der Waals surface area (Å²) in [6, 6.07) is 9.81. The normalized spacial score (nSPS) is 14.6. The van der Waals surface area contributed by atoms with Crippen LogP contribution in [0.3, 0.4) is 0 Å². The molecule has 1 aliphatic rings. The Labute approximate surface area is 165 Å². The predicted octanol–water partition coefficient (Wildman–Crippen LogP) is 3.49. The Kier molecular flexibility index (Phi) is 5.90. The highest BCUT2D eigenvalue weighted by Gasteiger charge is 2.21. The topological polar surface area (TPSA) is 95.9 Å². The molecule has 7 nitrogen and oxygen atoms in total. The van der Waals surface area contributed by atoms with E-state index in [1.807, 2.05) is 25.1 Å². The van der Waals surface area contributed by atoms with Crippen LogP contribution in [0.4, 0.5) is 11.4 Å². The van der Waals surface area contributed by atoms with Gasteiger partial charge in [-0.15, -0.1) is 0 Å². The maximum Gasteiger partial charge on any atom is 0.298 e. The summed E-state index contributed by atoms with van der Waals surface area (Å²) in [6.45, 7) is 3.81. The lowest BCUT2D eigenvalue weighted by Crippen LogP contribution is -2.30. The summed E-state index contributed by atoms with van der Waals surface area (Å²) in [5, 5.41) is 2.88. The highest BCUT2D eigenvalue weighted by molar-refractivity contribution is 7.86. The van der Waals surface area contributed by atoms with E-state index < -0.39 is 20.9 Å². The van der Waals surface area contributed by atoms with Gasteiger partial charge >= 0.3 is 0 Å². The molecule has 1 fully saturated rings. The molecule has 8 heteroatoms. The maximum atomic E-state index is 12.8. The average Bonchev–Trinajstić information content (AvgIpc) is 2.67. The van der Waals surface area contributed by atoms with Crippen LogP contribution in [-0.4, -0.2) is 39.1 Å². The molecule has 0 unspecified atom stereocenters. The van der Waals surface area contributed by atoms with E-state index in [0.717, 1.165) is 43.2 Å². The molecule has 2 aromatic carbocycles. The minimum atomic E-state index is -4.52. The van der Waals surface area contributed by atoms with E-state index >= 15 is 0 Å². The fraction of sp³-hybridized carbons (Fsp3) is 0.350. The van der Waals surface area contributed by atoms with Crippen LogP contribution in [-0.2, 0) is 10.1 Å². The summed E-state index contributed by atoms with van der Waals surface area (Å²) in [6.07, 6.45) is 3.42. The fourth-order valence-electron chi connectivity index (χ4n) is 3.37. The third-order valence-corrected chi connectivity index (χ3v) is 5.68. The molecule has 1 amide bonds. The number of benzene rings is 2. The smallest absolute Gasteiger partial charge is 0.298 e. The third kappa shape index (κ3) is 4.45. The second-order valence-electron chi connectivity index (χ2n) is 6.86. The number of rotatable bonds is 5. The maximum absolute atomic E-state index is 12.8. The Hall–Kier alpha value is -2.58. The molecular weight excluding hydrogens is 380 g/mol. The number of carbonyl (C=O) groups excluding carboxylic acids is 1. The molecule has 0 aromatic heterocycles. The molecule has 0 radical (unpaired) electrons. The van der Waals surface area contributed by atoms with Gasteiger partial charge in [0.05, 0.1) is 18.5 Å². The third-order valence-electron chi connectivity index (χ3n) is 4.80. The van der Waals surface area contributed by atoms with E-state index in [9.17, 15) is 17.8 Å². The van der Waals surface area contributed by atoms with Gasteiger partial charge in [-0.2, -0.15) is 8.42 Å². The molecule has 0 spiro atoms. The van der Waals surface area contributed by atoms with Gasteiger partial charge in [0.25, 0.3) is 16.0 Å². The number of amides is 1. The van der Waals surface area contributed by atoms with E-state index in [1.54, 1.807) is 0 Å². The van der Waals surface area contributed by atoms with Crippen molar-refractivity contribution in [1.82, 2.24) is 0 Å². The Bertz CT molecular complexity index is 982. The second kappa shape index (κ2) is 8.20. The van der Waals surface area contributed by atoms with Gasteiger partial charge in [0.2, 0.25) is 0 Å². The monoisotopic (exact) mass is 404 g/mol. The molecule has 150 valence electrons. The van der Waals surface area contributed by atoms with Crippen molar-refractivity contribution in [2.75, 3.05) is 30.4 Å². The number of nitrogens with zero attached hydrogens (tertiary/aromatic N) is 1. The van der Waals surface area contributed by atoms with Crippen molar-refractivity contribution >= 4 is 27.4 Å². The molecule has 0 bridgehead atoms. The van der Waals surface area contributed by atoms with Crippen molar-refractivity contribution < 1.29 is 22.5 Å². The zero-order valence-corrected chi connectivity index (χ0v) is 16.8. The van der Waals surface area contributed by atoms with Crippen LogP contribution >= 0.6 is 0 Å². The Morgan fingerprint density at radius 2 is 1.82 bits per heavy atom. The number of piperidine rings is 1. The molecule has 1 saturated heterocycles. The number of hydrogen-bond acceptors (Lipinski definition) is 5. The van der Waals surface area contributed by atoms with Crippen molar-refractivity contribution in [1.29, 1.82) is 0 Å². The lowest BCUT2D eigenvalue weighted by atomic mass is 10.1. The summed E-state index contributed by atoms with van der Waals surface area (Å²) in [5.41, 5.74) is 2.74. The number of nitrogens with one attached hydrogen (secondary N) is 1. The predicted molar refractivity (Wildman–Crippen MR) is 108 cm³/mol. The standard InChI is InChI=1S/C20H24N2O5S/c1-14-6-8-17(22-10-4-3-5-11-22)16(12-14)21-20(23)15-7-9-18(27-2)19(13-15)28(24,25)26/h6-9,12-13H,3-5,10-11H2,1-2H3,(H,21,23)(H,24,25,26). The van der Waals surface area contributed by atoms with Gasteiger partial charge in [0.15, 0.2) is 0 Å². The first-order chi connectivity index (χ1) is 13.3. The first kappa shape index (κ1) is 20.2. The summed E-state index contributed by atoms with van der Waals surface area (Å²) in [7, 11) is -3.23. The minimum absolute atomic E-state index is 0.0244. The van der Waals surface area contributed by atoms with Gasteiger partial charge < -0.3 is 15.0 Å². The van der Waals surface area contributed by atoms with Crippen LogP contribution in [0.5, 0.6) is 5.75 Å². The van der Waals surface area contributed by atoms with E-state index in [-0.39, 0.29) is 11.3 Å². The quantitative estimate of drug-likeness (QED) is 0.741. The zero-order valence-electron chi connectivity index (χ0n) is 15.9.